The fraction of sp³-hybridized carbons (Fsp3) is 0.167. The van der Waals surface area contributed by atoms with Gasteiger partial charge in [-0.1, -0.05) is 12.1 Å². The van der Waals surface area contributed by atoms with Gasteiger partial charge in [0.05, 0.1) is 10.5 Å². The Morgan fingerprint density at radius 1 is 1.25 bits per heavy atom. The third-order valence-corrected chi connectivity index (χ3v) is 4.05. The number of aryl methyl sites for hydroxylation is 1. The first-order valence-electron chi connectivity index (χ1n) is 6.53. The lowest BCUT2D eigenvalue weighted by Crippen LogP contribution is -2.11. The summed E-state index contributed by atoms with van der Waals surface area (Å²) in [6.07, 6.45) is 0.931. The molecule has 11 nitrogen and oxygen atoms in total. The van der Waals surface area contributed by atoms with Crippen LogP contribution in [0.15, 0.2) is 23.4 Å². The van der Waals surface area contributed by atoms with Crippen molar-refractivity contribution >= 4 is 27.3 Å². The number of benzene rings is 1. The monoisotopic (exact) mass is 349 g/mol. The average molecular weight is 349 g/mol. The molecule has 0 aliphatic rings. The summed E-state index contributed by atoms with van der Waals surface area (Å²) in [4.78, 5) is 22.3. The van der Waals surface area contributed by atoms with Crippen LogP contribution in [0, 0.1) is 17.0 Å². The summed E-state index contributed by atoms with van der Waals surface area (Å²) in [7, 11) is -3.69. The zero-order valence-electron chi connectivity index (χ0n) is 12.5. The zero-order chi connectivity index (χ0) is 17.6. The highest BCUT2D eigenvalue weighted by atomic mass is 32.2. The fourth-order valence-electron chi connectivity index (χ4n) is 2.15. The molecule has 0 fully saturated rings. The van der Waals surface area contributed by atoms with Crippen LogP contribution in [0.5, 0.6) is 0 Å². The Kier molecular flexibility index (Phi) is 3.41. The molecule has 0 amide bonds. The Morgan fingerprint density at radius 3 is 2.58 bits per heavy atom. The summed E-state index contributed by atoms with van der Waals surface area (Å²) in [5.74, 6) is -0.361. The van der Waals surface area contributed by atoms with Crippen molar-refractivity contribution in [3.63, 3.8) is 0 Å². The predicted molar refractivity (Wildman–Crippen MR) is 82.9 cm³/mol. The normalized spacial score (nSPS) is 11.8. The minimum atomic E-state index is -3.69. The van der Waals surface area contributed by atoms with Gasteiger partial charge in [0.25, 0.3) is 16.6 Å². The van der Waals surface area contributed by atoms with Crippen molar-refractivity contribution < 1.29 is 13.3 Å². The lowest BCUT2D eigenvalue weighted by atomic mass is 10.1. The van der Waals surface area contributed by atoms with E-state index >= 15 is 0 Å². The summed E-state index contributed by atoms with van der Waals surface area (Å²) < 4.78 is 24.2. The predicted octanol–water partition coefficient (Wildman–Crippen LogP) is 0.389. The van der Waals surface area contributed by atoms with Crippen molar-refractivity contribution in [2.75, 3.05) is 12.0 Å². The van der Waals surface area contributed by atoms with Gasteiger partial charge in [-0.15, -0.1) is 5.10 Å². The van der Waals surface area contributed by atoms with Crippen molar-refractivity contribution in [2.24, 2.45) is 0 Å². The molecule has 0 radical (unpaired) electrons. The van der Waals surface area contributed by atoms with Gasteiger partial charge in [-0.3, -0.25) is 10.1 Å². The molecule has 0 atom stereocenters. The molecule has 0 spiro atoms. The van der Waals surface area contributed by atoms with Crippen molar-refractivity contribution in [1.29, 1.82) is 0 Å². The average Bonchev–Trinajstić information content (AvgIpc) is 2.90. The van der Waals surface area contributed by atoms with Gasteiger partial charge in [0.1, 0.15) is 0 Å². The van der Waals surface area contributed by atoms with Crippen LogP contribution >= 0.6 is 0 Å². The van der Waals surface area contributed by atoms with Gasteiger partial charge < -0.3 is 5.73 Å². The molecule has 0 saturated heterocycles. The number of hydrogen-bond acceptors (Lipinski definition) is 9. The molecule has 124 valence electrons. The molecule has 0 aliphatic heterocycles. The summed E-state index contributed by atoms with van der Waals surface area (Å²) in [5.41, 5.74) is 6.14. The Balaban J connectivity index is 2.29. The fourth-order valence-corrected chi connectivity index (χ4v) is 2.65. The van der Waals surface area contributed by atoms with E-state index in [1.54, 1.807) is 19.1 Å². The zero-order valence-corrected chi connectivity index (χ0v) is 13.4. The minimum absolute atomic E-state index is 0.00273. The van der Waals surface area contributed by atoms with Crippen LogP contribution < -0.4 is 5.73 Å². The number of nitrogens with zero attached hydrogens (tertiary/aromatic N) is 6. The smallest absolute Gasteiger partial charge is 0.283 e. The number of nitro groups is 1. The van der Waals surface area contributed by atoms with E-state index in [-0.39, 0.29) is 28.8 Å². The maximum absolute atomic E-state index is 11.6. The molecule has 0 bridgehead atoms. The van der Waals surface area contributed by atoms with E-state index in [0.29, 0.717) is 5.56 Å². The molecule has 24 heavy (non-hydrogen) atoms. The van der Waals surface area contributed by atoms with E-state index < -0.39 is 19.9 Å². The lowest BCUT2D eigenvalue weighted by molar-refractivity contribution is -0.384. The number of anilines is 1. The number of nitrogens with two attached hydrogens (primary N) is 1. The maximum atomic E-state index is 11.6. The molecule has 2 heterocycles. The molecule has 2 N–H and O–H groups in total. The first-order valence-corrected chi connectivity index (χ1v) is 8.42. The highest BCUT2D eigenvalue weighted by molar-refractivity contribution is 7.90. The second kappa shape index (κ2) is 5.19. The molecule has 2 aromatic heterocycles. The van der Waals surface area contributed by atoms with Crippen LogP contribution in [0.3, 0.4) is 0 Å². The molecular formula is C12H11N7O4S. The molecular weight excluding hydrogens is 338 g/mol. The Bertz CT molecular complexity index is 1090. The summed E-state index contributed by atoms with van der Waals surface area (Å²) in [6.45, 7) is 1.59. The topological polar surface area (TPSA) is 159 Å². The number of para-hydroxylation sites is 1. The standard InChI is InChI=1S/C12H11N7O4S/c1-6-4-3-5-7(8(6)19(20)21)9-14-11-16-12(24(2,22)23)15-10(13)18(11)17-9/h3-5H,1-2H3,(H2,13,14,15,16,17). The van der Waals surface area contributed by atoms with Crippen molar-refractivity contribution in [3.05, 3.63) is 33.9 Å². The SMILES string of the molecule is Cc1cccc(-c2nc3nc(S(C)(=O)=O)nc(N)n3n2)c1[N+](=O)[O-]. The van der Waals surface area contributed by atoms with Crippen molar-refractivity contribution in [2.45, 2.75) is 12.1 Å². The molecule has 0 aliphatic carbocycles. The molecule has 12 heteroatoms. The van der Waals surface area contributed by atoms with Crippen molar-refractivity contribution in [1.82, 2.24) is 24.6 Å². The minimum Gasteiger partial charge on any atom is -0.368 e. The van der Waals surface area contributed by atoms with E-state index in [4.69, 9.17) is 5.73 Å². The quantitative estimate of drug-likeness (QED) is 0.521. The van der Waals surface area contributed by atoms with Gasteiger partial charge in [0.15, 0.2) is 5.82 Å². The van der Waals surface area contributed by atoms with Gasteiger partial charge >= 0.3 is 0 Å². The molecule has 3 rings (SSSR count). The van der Waals surface area contributed by atoms with Crippen LogP contribution in [0.2, 0.25) is 0 Å². The number of fused-ring (bicyclic) bond motifs is 1. The van der Waals surface area contributed by atoms with Crippen LogP contribution in [0.25, 0.3) is 17.2 Å². The first kappa shape index (κ1) is 15.7. The van der Waals surface area contributed by atoms with Gasteiger partial charge in [-0.2, -0.15) is 19.5 Å². The molecule has 0 unspecified atom stereocenters. The van der Waals surface area contributed by atoms with E-state index in [9.17, 15) is 18.5 Å². The molecule has 1 aromatic carbocycles. The number of nitro benzene ring substituents is 1. The third-order valence-electron chi connectivity index (χ3n) is 3.21. The highest BCUT2D eigenvalue weighted by Crippen LogP contribution is 2.30. The Labute approximate surface area is 135 Å². The summed E-state index contributed by atoms with van der Waals surface area (Å²) in [5, 5.41) is 14.8. The van der Waals surface area contributed by atoms with Gasteiger partial charge in [-0.05, 0) is 13.0 Å². The number of aromatic nitrogens is 5. The van der Waals surface area contributed by atoms with Crippen LogP contribution in [-0.4, -0.2) is 44.2 Å². The van der Waals surface area contributed by atoms with Gasteiger partial charge in [0, 0.05) is 11.8 Å². The van der Waals surface area contributed by atoms with E-state index in [0.717, 1.165) is 10.8 Å². The summed E-state index contributed by atoms with van der Waals surface area (Å²) in [6, 6.07) is 4.70. The second-order valence-electron chi connectivity index (χ2n) is 5.01. The number of hydrogen-bond donors (Lipinski definition) is 1. The molecule has 3 aromatic rings. The second-order valence-corrected chi connectivity index (χ2v) is 6.92. The largest absolute Gasteiger partial charge is 0.368 e. The maximum Gasteiger partial charge on any atom is 0.283 e. The number of rotatable bonds is 3. The summed E-state index contributed by atoms with van der Waals surface area (Å²) >= 11 is 0. The highest BCUT2D eigenvalue weighted by Gasteiger charge is 2.23. The van der Waals surface area contributed by atoms with Crippen molar-refractivity contribution in [3.8, 4) is 11.4 Å². The Hall–Kier alpha value is -3.15. The van der Waals surface area contributed by atoms with Crippen LogP contribution in [-0.2, 0) is 9.84 Å². The molecule has 0 saturated carbocycles. The van der Waals surface area contributed by atoms with E-state index in [1.807, 2.05) is 0 Å². The third kappa shape index (κ3) is 2.52. The number of nitrogen functional groups attached to an aromatic ring is 1. The Morgan fingerprint density at radius 2 is 1.96 bits per heavy atom. The van der Waals surface area contributed by atoms with Gasteiger partial charge in [0.2, 0.25) is 15.8 Å². The van der Waals surface area contributed by atoms with Gasteiger partial charge in [-0.25, -0.2) is 8.42 Å². The van der Waals surface area contributed by atoms with E-state index in [2.05, 4.69) is 20.1 Å². The lowest BCUT2D eigenvalue weighted by Gasteiger charge is -2.01. The first-order chi connectivity index (χ1) is 11.2. The van der Waals surface area contributed by atoms with Crippen LogP contribution in [0.1, 0.15) is 5.56 Å². The number of sulfone groups is 1. The van der Waals surface area contributed by atoms with Crippen LogP contribution in [0.4, 0.5) is 11.6 Å². The van der Waals surface area contributed by atoms with E-state index in [1.165, 1.54) is 6.07 Å².